The van der Waals surface area contributed by atoms with Crippen LogP contribution < -0.4 is 11.5 Å². The molecule has 0 spiro atoms. The first-order valence-corrected chi connectivity index (χ1v) is 2.18. The van der Waals surface area contributed by atoms with Crippen LogP contribution in [-0.4, -0.2) is 10.9 Å². The second-order valence-electron chi connectivity index (χ2n) is 1.41. The fourth-order valence-corrected chi connectivity index (χ4v) is 0.405. The monoisotopic (exact) mass is 128 g/mol. The molecule has 1 heterocycles. The van der Waals surface area contributed by atoms with Crippen molar-refractivity contribution in [1.82, 2.24) is 4.98 Å². The molecule has 0 saturated heterocycles. The van der Waals surface area contributed by atoms with Gasteiger partial charge in [0.15, 0.2) is 0 Å². The summed E-state index contributed by atoms with van der Waals surface area (Å²) >= 11 is 0. The summed E-state index contributed by atoms with van der Waals surface area (Å²) < 4.78 is 4.26. The molecule has 1 amide bonds. The molecule has 0 unspecified atom stereocenters. The Labute approximate surface area is 49.5 Å². The van der Waals surface area contributed by atoms with Crippen LogP contribution in [-0.2, 0) is 0 Å². The van der Waals surface area contributed by atoms with Gasteiger partial charge in [0.25, 0.3) is 5.91 Å². The molecule has 0 bridgehead atoms. The summed E-state index contributed by atoms with van der Waals surface area (Å²) in [6, 6.07) is 0. The van der Waals surface area contributed by atoms with Crippen LogP contribution in [0, 0.1) is 0 Å². The van der Waals surface area contributed by atoms with Crippen LogP contribution in [0.1, 0.15) is 10.6 Å². The van der Waals surface area contributed by atoms with Crippen LogP contribution in [0.5, 0.6) is 0 Å². The highest BCUT2D eigenvalue weighted by molar-refractivity contribution is 5.89. The maximum Gasteiger partial charge on any atom is 0.416 e. The maximum absolute atomic E-state index is 10.2. The lowest BCUT2D eigenvalue weighted by Gasteiger charge is -1.78. The highest BCUT2D eigenvalue weighted by Gasteiger charge is 2.03. The number of amides is 1. The lowest BCUT2D eigenvalue weighted by Crippen LogP contribution is -2.09. The molecular formula is C4H4N2O3. The third-order valence-corrected chi connectivity index (χ3v) is 0.767. The molecule has 3 N–H and O–H groups in total. The van der Waals surface area contributed by atoms with Gasteiger partial charge in [-0.2, -0.15) is 0 Å². The number of aromatic nitrogens is 1. The van der Waals surface area contributed by atoms with Gasteiger partial charge in [-0.1, -0.05) is 0 Å². The van der Waals surface area contributed by atoms with Crippen molar-refractivity contribution >= 4 is 5.91 Å². The average Bonchev–Trinajstić information content (AvgIpc) is 2.14. The standard InChI is InChI=1S/C4H4N2O3/c5-3(7)2-1-6-4(8)9-2/h1H,(H2,5,7)(H,6,8). The lowest BCUT2D eigenvalue weighted by atomic mass is 10.5. The molecule has 0 atom stereocenters. The van der Waals surface area contributed by atoms with E-state index in [9.17, 15) is 9.59 Å². The Morgan fingerprint density at radius 1 is 1.78 bits per heavy atom. The molecular weight excluding hydrogens is 124 g/mol. The van der Waals surface area contributed by atoms with E-state index in [2.05, 4.69) is 9.40 Å². The van der Waals surface area contributed by atoms with Crippen LogP contribution in [0.25, 0.3) is 0 Å². The zero-order valence-corrected chi connectivity index (χ0v) is 4.38. The molecule has 5 nitrogen and oxygen atoms in total. The third-order valence-electron chi connectivity index (χ3n) is 0.767. The third kappa shape index (κ3) is 0.987. The van der Waals surface area contributed by atoms with Crippen LogP contribution >= 0.6 is 0 Å². The van der Waals surface area contributed by atoms with Crippen molar-refractivity contribution in [3.05, 3.63) is 22.5 Å². The zero-order chi connectivity index (χ0) is 6.85. The Hall–Kier alpha value is -1.52. The topological polar surface area (TPSA) is 89.1 Å². The van der Waals surface area contributed by atoms with Gasteiger partial charge in [0.05, 0.1) is 6.20 Å². The number of oxazole rings is 1. The summed E-state index contributed by atoms with van der Waals surface area (Å²) in [4.78, 5) is 22.5. The Bertz CT molecular complexity index is 271. The second-order valence-corrected chi connectivity index (χ2v) is 1.41. The van der Waals surface area contributed by atoms with E-state index in [1.54, 1.807) is 0 Å². The van der Waals surface area contributed by atoms with Gasteiger partial charge in [-0.3, -0.25) is 9.78 Å². The summed E-state index contributed by atoms with van der Waals surface area (Å²) in [5.74, 6) is -1.59. The molecule has 5 heteroatoms. The number of H-pyrrole nitrogens is 1. The van der Waals surface area contributed by atoms with E-state index in [4.69, 9.17) is 5.73 Å². The highest BCUT2D eigenvalue weighted by Crippen LogP contribution is 1.87. The molecule has 0 radical (unpaired) electrons. The Balaban J connectivity index is 3.12. The van der Waals surface area contributed by atoms with Crippen molar-refractivity contribution in [1.29, 1.82) is 0 Å². The number of carbonyl (C=O) groups excluding carboxylic acids is 1. The van der Waals surface area contributed by atoms with Crippen LogP contribution in [0.3, 0.4) is 0 Å². The minimum Gasteiger partial charge on any atom is -0.403 e. The fourth-order valence-electron chi connectivity index (χ4n) is 0.405. The predicted molar refractivity (Wildman–Crippen MR) is 27.8 cm³/mol. The Morgan fingerprint density at radius 2 is 2.44 bits per heavy atom. The summed E-state index contributed by atoms with van der Waals surface area (Å²) in [5, 5.41) is 0. The van der Waals surface area contributed by atoms with E-state index in [0.717, 1.165) is 6.20 Å². The molecule has 0 aliphatic heterocycles. The van der Waals surface area contributed by atoms with Crippen LogP contribution in [0.2, 0.25) is 0 Å². The molecule has 48 valence electrons. The van der Waals surface area contributed by atoms with Gasteiger partial charge < -0.3 is 10.2 Å². The molecule has 0 aliphatic rings. The maximum atomic E-state index is 10.2. The number of hydrogen-bond donors (Lipinski definition) is 2. The molecule has 0 saturated carbocycles. The van der Waals surface area contributed by atoms with Gasteiger partial charge in [-0.25, -0.2) is 4.79 Å². The van der Waals surface area contributed by atoms with Crippen molar-refractivity contribution in [3.8, 4) is 0 Å². The normalized spacial score (nSPS) is 9.33. The van der Waals surface area contributed by atoms with Gasteiger partial charge in [0, 0.05) is 0 Å². The number of nitrogens with one attached hydrogen (secondary N) is 1. The van der Waals surface area contributed by atoms with E-state index < -0.39 is 11.7 Å². The summed E-state index contributed by atoms with van der Waals surface area (Å²) in [6.07, 6.45) is 1.12. The quantitative estimate of drug-likeness (QED) is 0.511. The Kier molecular flexibility index (Phi) is 1.11. The van der Waals surface area contributed by atoms with Gasteiger partial charge in [-0.05, 0) is 0 Å². The molecule has 1 aromatic rings. The van der Waals surface area contributed by atoms with Crippen molar-refractivity contribution in [2.75, 3.05) is 0 Å². The van der Waals surface area contributed by atoms with Crippen LogP contribution in [0.4, 0.5) is 0 Å². The number of primary amides is 1. The smallest absolute Gasteiger partial charge is 0.403 e. The zero-order valence-electron chi connectivity index (χ0n) is 4.38. The summed E-state index contributed by atoms with van der Waals surface area (Å²) in [6.45, 7) is 0. The van der Waals surface area contributed by atoms with Gasteiger partial charge in [0.1, 0.15) is 0 Å². The molecule has 9 heavy (non-hydrogen) atoms. The van der Waals surface area contributed by atoms with Crippen molar-refractivity contribution in [3.63, 3.8) is 0 Å². The number of rotatable bonds is 1. The second kappa shape index (κ2) is 1.77. The predicted octanol–water partition coefficient (Wildman–Crippen LogP) is -0.933. The molecule has 0 aliphatic carbocycles. The Morgan fingerprint density at radius 3 is 2.67 bits per heavy atom. The largest absolute Gasteiger partial charge is 0.416 e. The molecule has 1 aromatic heterocycles. The van der Waals surface area contributed by atoms with Gasteiger partial charge >= 0.3 is 5.76 Å². The van der Waals surface area contributed by atoms with E-state index >= 15 is 0 Å². The first kappa shape index (κ1) is 5.61. The number of carbonyl (C=O) groups is 1. The molecule has 0 aromatic carbocycles. The van der Waals surface area contributed by atoms with Gasteiger partial charge in [-0.15, -0.1) is 0 Å². The van der Waals surface area contributed by atoms with Crippen molar-refractivity contribution in [2.45, 2.75) is 0 Å². The highest BCUT2D eigenvalue weighted by atomic mass is 16.4. The number of nitrogens with two attached hydrogens (primary N) is 1. The van der Waals surface area contributed by atoms with Crippen molar-refractivity contribution in [2.24, 2.45) is 5.73 Å². The first-order chi connectivity index (χ1) is 4.20. The van der Waals surface area contributed by atoms with Crippen molar-refractivity contribution < 1.29 is 9.21 Å². The number of aromatic amines is 1. The fraction of sp³-hybridized carbons (Fsp3) is 0. The molecule has 0 fully saturated rings. The van der Waals surface area contributed by atoms with Crippen LogP contribution in [0.15, 0.2) is 15.4 Å². The molecule has 1 rings (SSSR count). The minimum absolute atomic E-state index is 0.153. The van der Waals surface area contributed by atoms with Gasteiger partial charge in [0.2, 0.25) is 5.76 Å². The SMILES string of the molecule is NC(=O)c1c[nH]c(=O)o1. The average molecular weight is 128 g/mol. The minimum atomic E-state index is -0.756. The van der Waals surface area contributed by atoms with E-state index in [0.29, 0.717) is 0 Å². The first-order valence-electron chi connectivity index (χ1n) is 2.18. The summed E-state index contributed by atoms with van der Waals surface area (Å²) in [7, 11) is 0. The number of hydrogen-bond acceptors (Lipinski definition) is 3. The lowest BCUT2D eigenvalue weighted by molar-refractivity contribution is 0.0972. The summed E-state index contributed by atoms with van der Waals surface area (Å²) in [5.41, 5.74) is 4.74. The van der Waals surface area contributed by atoms with E-state index in [-0.39, 0.29) is 5.76 Å². The van der Waals surface area contributed by atoms with E-state index in [1.807, 2.05) is 0 Å². The van der Waals surface area contributed by atoms with E-state index in [1.165, 1.54) is 0 Å².